The molecule has 0 amide bonds. The van der Waals surface area contributed by atoms with Crippen LogP contribution in [0.4, 0.5) is 11.4 Å². The van der Waals surface area contributed by atoms with Gasteiger partial charge in [0.1, 0.15) is 0 Å². The summed E-state index contributed by atoms with van der Waals surface area (Å²) in [6, 6.07) is 53.9. The van der Waals surface area contributed by atoms with Gasteiger partial charge in [0.25, 0.3) is 0 Å². The molecule has 1 aromatic heterocycles. The van der Waals surface area contributed by atoms with Gasteiger partial charge in [-0.1, -0.05) is 137 Å². The Labute approximate surface area is 306 Å². The van der Waals surface area contributed by atoms with E-state index in [2.05, 4.69) is 176 Å². The molecule has 2 heterocycles. The Hall–Kier alpha value is -5.86. The van der Waals surface area contributed by atoms with Gasteiger partial charge in [-0.25, -0.2) is 0 Å². The fourth-order valence-electron chi connectivity index (χ4n) is 8.70. The first-order valence-corrected chi connectivity index (χ1v) is 18.9. The smallest absolute Gasteiger partial charge is 0.0544 e. The third-order valence-electron chi connectivity index (χ3n) is 11.9. The number of benzene rings is 7. The summed E-state index contributed by atoms with van der Waals surface area (Å²) < 4.78 is 2.45. The van der Waals surface area contributed by atoms with Crippen LogP contribution >= 0.6 is 0 Å². The number of hydrogen-bond acceptors (Lipinski definition) is 1. The number of nitrogens with zero attached hydrogens (tertiary/aromatic N) is 1. The van der Waals surface area contributed by atoms with Crippen LogP contribution in [0.3, 0.4) is 0 Å². The Morgan fingerprint density at radius 3 is 1.88 bits per heavy atom. The van der Waals surface area contributed by atoms with E-state index in [0.29, 0.717) is 0 Å². The minimum absolute atomic E-state index is 0.0619. The van der Waals surface area contributed by atoms with Gasteiger partial charge < -0.3 is 9.88 Å². The van der Waals surface area contributed by atoms with Crippen molar-refractivity contribution in [3.63, 3.8) is 0 Å². The van der Waals surface area contributed by atoms with Gasteiger partial charge in [-0.15, -0.1) is 0 Å². The molecule has 11 rings (SSSR count). The average molecular weight is 671 g/mol. The summed E-state index contributed by atoms with van der Waals surface area (Å²) in [4.78, 5) is 0. The first-order chi connectivity index (χ1) is 25.5. The van der Waals surface area contributed by atoms with Gasteiger partial charge in [0.05, 0.1) is 11.0 Å². The molecule has 2 aliphatic carbocycles. The number of aryl methyl sites for hydroxylation is 1. The molecule has 2 heteroatoms. The molecule has 1 aliphatic heterocycles. The molecule has 0 radical (unpaired) electrons. The van der Waals surface area contributed by atoms with Crippen molar-refractivity contribution in [1.82, 2.24) is 4.57 Å². The monoisotopic (exact) mass is 670 g/mol. The molecule has 0 spiro atoms. The number of hydrogen-bond donors (Lipinski definition) is 1. The van der Waals surface area contributed by atoms with Crippen LogP contribution in [0.15, 0.2) is 146 Å². The maximum atomic E-state index is 3.81. The summed E-state index contributed by atoms with van der Waals surface area (Å²) in [5.41, 5.74) is 20.1. The normalized spacial score (nSPS) is 14.4. The summed E-state index contributed by atoms with van der Waals surface area (Å²) in [6.07, 6.45) is 6.00. The van der Waals surface area contributed by atoms with Gasteiger partial charge in [0, 0.05) is 44.4 Å². The lowest BCUT2D eigenvalue weighted by Crippen LogP contribution is -2.14. The Kier molecular flexibility index (Phi) is 7.05. The van der Waals surface area contributed by atoms with E-state index in [1.807, 2.05) is 0 Å². The number of para-hydroxylation sites is 2. The van der Waals surface area contributed by atoms with Crippen molar-refractivity contribution in [2.75, 3.05) is 5.32 Å². The van der Waals surface area contributed by atoms with E-state index in [0.717, 1.165) is 5.69 Å². The summed E-state index contributed by atoms with van der Waals surface area (Å²) in [7, 11) is 0. The quantitative estimate of drug-likeness (QED) is 0.194. The van der Waals surface area contributed by atoms with Crippen molar-refractivity contribution in [3.05, 3.63) is 162 Å². The minimum atomic E-state index is -0.0619. The van der Waals surface area contributed by atoms with Gasteiger partial charge in [-0.05, 0) is 106 Å². The zero-order chi connectivity index (χ0) is 35.0. The molecule has 8 aromatic rings. The second-order valence-electron chi connectivity index (χ2n) is 15.3. The first kappa shape index (κ1) is 30.9. The molecule has 1 fully saturated rings. The Morgan fingerprint density at radius 1 is 0.481 bits per heavy atom. The first-order valence-electron chi connectivity index (χ1n) is 18.9. The lowest BCUT2D eigenvalue weighted by Gasteiger charge is -2.21. The Balaban J connectivity index is 0.000000795. The number of anilines is 2. The average Bonchev–Trinajstić information content (AvgIpc) is 3.52. The molecule has 1 N–H and O–H groups in total. The summed E-state index contributed by atoms with van der Waals surface area (Å²) >= 11 is 0. The lowest BCUT2D eigenvalue weighted by molar-refractivity contribution is 0.504. The highest BCUT2D eigenvalue weighted by Crippen LogP contribution is 2.51. The summed E-state index contributed by atoms with van der Waals surface area (Å²) in [5.74, 6) is 0. The molecule has 3 aliphatic rings. The highest BCUT2D eigenvalue weighted by Gasteiger charge is 2.36. The van der Waals surface area contributed by atoms with Crippen LogP contribution in [-0.2, 0) is 5.41 Å². The van der Waals surface area contributed by atoms with E-state index >= 15 is 0 Å². The third-order valence-corrected chi connectivity index (χ3v) is 11.9. The Morgan fingerprint density at radius 2 is 1.12 bits per heavy atom. The highest BCUT2D eigenvalue weighted by molar-refractivity contribution is 6.13. The molecule has 0 unspecified atom stereocenters. The summed E-state index contributed by atoms with van der Waals surface area (Å²) in [5, 5.41) is 6.37. The zero-order valence-corrected chi connectivity index (χ0v) is 30.1. The van der Waals surface area contributed by atoms with E-state index in [9.17, 15) is 0 Å². The van der Waals surface area contributed by atoms with Crippen molar-refractivity contribution >= 4 is 33.2 Å². The largest absolute Gasteiger partial charge is 0.354 e. The standard InChI is InChI=1S/C46H34N2.C4H8/c1-28-12-11-18-35-32-15-7-8-16-33(32)37-24-29(20-22-42(37)47-45(28)35)30-21-23-43-38(25-30)39-26-36-34-17-9-10-19-40(34)46(2,3)41(36)27-44(39)48(43)31-13-5-4-6-14-31;1-2-4-3-1/h4-27,47H,1-3H3;1-4H2. The number of rotatable bonds is 2. The van der Waals surface area contributed by atoms with Gasteiger partial charge in [-0.3, -0.25) is 0 Å². The molecule has 52 heavy (non-hydrogen) atoms. The van der Waals surface area contributed by atoms with Crippen molar-refractivity contribution in [3.8, 4) is 50.2 Å². The molecule has 252 valence electrons. The second-order valence-corrected chi connectivity index (χ2v) is 15.3. The number of fused-ring (bicyclic) bond motifs is 11. The SMILES string of the molecule is C1CCC1.Cc1cccc2c1Nc1ccc(-c3ccc4c(c3)c3cc5c(cc3n4-c3ccccc3)C(C)(C)c3ccccc3-5)cc1-c1ccccc1-2. The van der Waals surface area contributed by atoms with Crippen LogP contribution in [-0.4, -0.2) is 4.57 Å². The fraction of sp³-hybridized carbons (Fsp3) is 0.160. The van der Waals surface area contributed by atoms with E-state index in [-0.39, 0.29) is 5.41 Å². The molecule has 0 atom stereocenters. The predicted molar refractivity (Wildman–Crippen MR) is 221 cm³/mol. The maximum absolute atomic E-state index is 3.81. The third kappa shape index (κ3) is 4.70. The topological polar surface area (TPSA) is 17.0 Å². The van der Waals surface area contributed by atoms with Gasteiger partial charge >= 0.3 is 0 Å². The predicted octanol–water partition coefficient (Wildman–Crippen LogP) is 14.0. The van der Waals surface area contributed by atoms with Crippen LogP contribution in [0.25, 0.3) is 72.0 Å². The second kappa shape index (κ2) is 11.9. The van der Waals surface area contributed by atoms with Crippen LogP contribution < -0.4 is 5.32 Å². The van der Waals surface area contributed by atoms with Crippen LogP contribution in [0.1, 0.15) is 56.2 Å². The number of aromatic nitrogens is 1. The van der Waals surface area contributed by atoms with E-state index < -0.39 is 0 Å². The van der Waals surface area contributed by atoms with Crippen LogP contribution in [0, 0.1) is 6.92 Å². The van der Waals surface area contributed by atoms with E-state index in [4.69, 9.17) is 0 Å². The van der Waals surface area contributed by atoms with Crippen molar-refractivity contribution in [2.45, 2.75) is 51.9 Å². The van der Waals surface area contributed by atoms with Gasteiger partial charge in [-0.2, -0.15) is 0 Å². The molecule has 0 bridgehead atoms. The molecular formula is C50H42N2. The van der Waals surface area contributed by atoms with Crippen molar-refractivity contribution in [2.24, 2.45) is 0 Å². The van der Waals surface area contributed by atoms with E-state index in [1.54, 1.807) is 0 Å². The molecule has 2 nitrogen and oxygen atoms in total. The van der Waals surface area contributed by atoms with Gasteiger partial charge in [0.15, 0.2) is 0 Å². The van der Waals surface area contributed by atoms with Gasteiger partial charge in [0.2, 0.25) is 0 Å². The highest BCUT2D eigenvalue weighted by atomic mass is 15.0. The minimum Gasteiger partial charge on any atom is -0.354 e. The molecule has 7 aromatic carbocycles. The zero-order valence-electron chi connectivity index (χ0n) is 30.1. The molecular weight excluding hydrogens is 629 g/mol. The Bertz CT molecular complexity index is 2680. The van der Waals surface area contributed by atoms with Crippen molar-refractivity contribution in [1.29, 1.82) is 0 Å². The summed E-state index contributed by atoms with van der Waals surface area (Å²) in [6.45, 7) is 6.91. The molecule has 1 saturated carbocycles. The van der Waals surface area contributed by atoms with Crippen molar-refractivity contribution < 1.29 is 0 Å². The van der Waals surface area contributed by atoms with E-state index in [1.165, 1.54) is 120 Å². The molecule has 0 saturated heterocycles. The maximum Gasteiger partial charge on any atom is 0.0544 e. The number of nitrogens with one attached hydrogen (secondary N) is 1. The lowest BCUT2D eigenvalue weighted by atomic mass is 9.82. The van der Waals surface area contributed by atoms with Crippen LogP contribution in [0.5, 0.6) is 0 Å². The fourth-order valence-corrected chi connectivity index (χ4v) is 8.70. The van der Waals surface area contributed by atoms with Crippen LogP contribution in [0.2, 0.25) is 0 Å².